The lowest BCUT2D eigenvalue weighted by Crippen LogP contribution is -1.90. The fourth-order valence-electron chi connectivity index (χ4n) is 1.86. The van der Waals surface area contributed by atoms with Crippen LogP contribution in [-0.4, -0.2) is 5.75 Å². The number of aryl methyl sites for hydroxylation is 2. The molecular formula is C16H19NS. The molecule has 0 atom stereocenters. The predicted molar refractivity (Wildman–Crippen MR) is 81.1 cm³/mol. The molecule has 1 nitrogen and oxygen atoms in total. The Hall–Kier alpha value is -1.41. The predicted octanol–water partition coefficient (Wildman–Crippen LogP) is 4.30. The van der Waals surface area contributed by atoms with E-state index < -0.39 is 0 Å². The number of hydrogen-bond acceptors (Lipinski definition) is 2. The van der Waals surface area contributed by atoms with Gasteiger partial charge in [-0.25, -0.2) is 0 Å². The van der Waals surface area contributed by atoms with Crippen LogP contribution in [0.3, 0.4) is 0 Å². The van der Waals surface area contributed by atoms with Crippen molar-refractivity contribution in [3.05, 3.63) is 59.7 Å². The first-order valence-electron chi connectivity index (χ1n) is 6.28. The van der Waals surface area contributed by atoms with Crippen LogP contribution in [0.15, 0.2) is 53.4 Å². The molecule has 2 aromatic rings. The van der Waals surface area contributed by atoms with Crippen molar-refractivity contribution in [2.75, 3.05) is 11.5 Å². The number of benzene rings is 2. The van der Waals surface area contributed by atoms with Gasteiger partial charge in [0, 0.05) is 10.6 Å². The van der Waals surface area contributed by atoms with Gasteiger partial charge in [0.2, 0.25) is 0 Å². The van der Waals surface area contributed by atoms with Gasteiger partial charge in [0.15, 0.2) is 0 Å². The molecule has 0 heterocycles. The van der Waals surface area contributed by atoms with Crippen LogP contribution in [0, 0.1) is 6.92 Å². The summed E-state index contributed by atoms with van der Waals surface area (Å²) in [5.41, 5.74) is 9.25. The summed E-state index contributed by atoms with van der Waals surface area (Å²) in [6.45, 7) is 2.17. The second-order valence-electron chi connectivity index (χ2n) is 4.46. The van der Waals surface area contributed by atoms with Crippen LogP contribution in [0.2, 0.25) is 0 Å². The molecule has 0 radical (unpaired) electrons. The van der Waals surface area contributed by atoms with E-state index in [1.807, 2.05) is 23.9 Å². The van der Waals surface area contributed by atoms with E-state index in [0.717, 1.165) is 17.9 Å². The van der Waals surface area contributed by atoms with Crippen LogP contribution < -0.4 is 5.73 Å². The molecule has 18 heavy (non-hydrogen) atoms. The van der Waals surface area contributed by atoms with Gasteiger partial charge in [0.05, 0.1) is 0 Å². The summed E-state index contributed by atoms with van der Waals surface area (Å²) >= 11 is 1.94. The van der Waals surface area contributed by atoms with Crippen LogP contribution >= 0.6 is 11.8 Å². The third kappa shape index (κ3) is 3.81. The Labute approximate surface area is 113 Å². The van der Waals surface area contributed by atoms with E-state index in [4.69, 9.17) is 5.73 Å². The summed E-state index contributed by atoms with van der Waals surface area (Å²) in [6.07, 6.45) is 2.32. The number of nitrogens with two attached hydrogens (primary N) is 1. The molecule has 2 heteroatoms. The average molecular weight is 257 g/mol. The number of thioether (sulfide) groups is 1. The monoisotopic (exact) mass is 257 g/mol. The zero-order valence-corrected chi connectivity index (χ0v) is 11.5. The van der Waals surface area contributed by atoms with Crippen molar-refractivity contribution in [2.24, 2.45) is 0 Å². The lowest BCUT2D eigenvalue weighted by Gasteiger charge is -2.05. The highest BCUT2D eigenvalue weighted by Gasteiger charge is 1.98. The molecule has 0 aliphatic carbocycles. The third-order valence-corrected chi connectivity index (χ3v) is 4.20. The second kappa shape index (κ2) is 6.50. The molecule has 0 aliphatic heterocycles. The van der Waals surface area contributed by atoms with Crippen LogP contribution in [0.4, 0.5) is 5.69 Å². The average Bonchev–Trinajstić information content (AvgIpc) is 2.39. The minimum absolute atomic E-state index is 0.841. The third-order valence-electron chi connectivity index (χ3n) is 2.94. The first-order valence-corrected chi connectivity index (χ1v) is 7.27. The maximum atomic E-state index is 5.67. The normalized spacial score (nSPS) is 10.5. The Balaban J connectivity index is 1.76. The first-order chi connectivity index (χ1) is 8.75. The molecule has 0 fully saturated rings. The van der Waals surface area contributed by atoms with E-state index in [1.165, 1.54) is 22.4 Å². The summed E-state index contributed by atoms with van der Waals surface area (Å²) in [5, 5.41) is 0. The summed E-state index contributed by atoms with van der Waals surface area (Å²) in [6, 6.07) is 16.8. The van der Waals surface area contributed by atoms with Gasteiger partial charge < -0.3 is 5.73 Å². The van der Waals surface area contributed by atoms with Gasteiger partial charge in [0.1, 0.15) is 0 Å². The lowest BCUT2D eigenvalue weighted by molar-refractivity contribution is 0.933. The van der Waals surface area contributed by atoms with Crippen molar-refractivity contribution in [3.63, 3.8) is 0 Å². The highest BCUT2D eigenvalue weighted by Crippen LogP contribution is 2.23. The SMILES string of the molecule is Cc1ccccc1SCCCc1ccc(N)cc1. The summed E-state index contributed by atoms with van der Waals surface area (Å²) in [5.74, 6) is 1.16. The summed E-state index contributed by atoms with van der Waals surface area (Å²) in [4.78, 5) is 1.40. The van der Waals surface area contributed by atoms with Crippen molar-refractivity contribution in [2.45, 2.75) is 24.7 Å². The molecule has 0 saturated heterocycles. The molecule has 2 rings (SSSR count). The Morgan fingerprint density at radius 3 is 2.44 bits per heavy atom. The van der Waals surface area contributed by atoms with E-state index >= 15 is 0 Å². The topological polar surface area (TPSA) is 26.0 Å². The highest BCUT2D eigenvalue weighted by atomic mass is 32.2. The number of hydrogen-bond donors (Lipinski definition) is 1. The van der Waals surface area contributed by atoms with Crippen molar-refractivity contribution in [3.8, 4) is 0 Å². The highest BCUT2D eigenvalue weighted by molar-refractivity contribution is 7.99. The van der Waals surface area contributed by atoms with E-state index in [1.54, 1.807) is 0 Å². The van der Waals surface area contributed by atoms with Crippen LogP contribution in [0.25, 0.3) is 0 Å². The molecule has 0 bridgehead atoms. The van der Waals surface area contributed by atoms with Gasteiger partial charge in [-0.1, -0.05) is 30.3 Å². The zero-order valence-electron chi connectivity index (χ0n) is 10.7. The van der Waals surface area contributed by atoms with Gasteiger partial charge in [-0.05, 0) is 54.8 Å². The molecular weight excluding hydrogens is 238 g/mol. The van der Waals surface area contributed by atoms with Crippen molar-refractivity contribution >= 4 is 17.4 Å². The maximum absolute atomic E-state index is 5.67. The van der Waals surface area contributed by atoms with Gasteiger partial charge in [-0.2, -0.15) is 0 Å². The fraction of sp³-hybridized carbons (Fsp3) is 0.250. The quantitative estimate of drug-likeness (QED) is 0.491. The Morgan fingerprint density at radius 1 is 1.00 bits per heavy atom. The van der Waals surface area contributed by atoms with E-state index in [2.05, 4.69) is 43.3 Å². The molecule has 0 aliphatic rings. The minimum Gasteiger partial charge on any atom is -0.399 e. The molecule has 2 N–H and O–H groups in total. The maximum Gasteiger partial charge on any atom is 0.0314 e. The molecule has 94 valence electrons. The lowest BCUT2D eigenvalue weighted by atomic mass is 10.1. The van der Waals surface area contributed by atoms with Crippen molar-refractivity contribution in [1.29, 1.82) is 0 Å². The Morgan fingerprint density at radius 2 is 1.72 bits per heavy atom. The van der Waals surface area contributed by atoms with Crippen molar-refractivity contribution in [1.82, 2.24) is 0 Å². The van der Waals surface area contributed by atoms with Crippen LogP contribution in [0.1, 0.15) is 17.5 Å². The summed E-state index contributed by atoms with van der Waals surface area (Å²) in [7, 11) is 0. The van der Waals surface area contributed by atoms with Crippen molar-refractivity contribution < 1.29 is 0 Å². The number of anilines is 1. The van der Waals surface area contributed by atoms with Gasteiger partial charge >= 0.3 is 0 Å². The smallest absolute Gasteiger partial charge is 0.0314 e. The molecule has 0 amide bonds. The Bertz CT molecular complexity index is 491. The number of rotatable bonds is 5. The van der Waals surface area contributed by atoms with E-state index in [9.17, 15) is 0 Å². The molecule has 0 aromatic heterocycles. The minimum atomic E-state index is 0.841. The zero-order chi connectivity index (χ0) is 12.8. The van der Waals surface area contributed by atoms with Crippen LogP contribution in [-0.2, 0) is 6.42 Å². The van der Waals surface area contributed by atoms with Gasteiger partial charge in [-0.15, -0.1) is 11.8 Å². The molecule has 2 aromatic carbocycles. The molecule has 0 saturated carbocycles. The standard InChI is InChI=1S/C16H19NS/c1-13-5-2-3-7-16(13)18-12-4-6-14-8-10-15(17)11-9-14/h2-3,5,7-11H,4,6,12,17H2,1H3. The Kier molecular flexibility index (Phi) is 4.71. The largest absolute Gasteiger partial charge is 0.399 e. The summed E-state index contributed by atoms with van der Waals surface area (Å²) < 4.78 is 0. The van der Waals surface area contributed by atoms with Crippen LogP contribution in [0.5, 0.6) is 0 Å². The first kappa shape index (κ1) is 13.0. The van der Waals surface area contributed by atoms with E-state index in [0.29, 0.717) is 0 Å². The van der Waals surface area contributed by atoms with E-state index in [-0.39, 0.29) is 0 Å². The van der Waals surface area contributed by atoms with Gasteiger partial charge in [-0.3, -0.25) is 0 Å². The molecule has 0 spiro atoms. The number of nitrogen functional groups attached to an aromatic ring is 1. The molecule has 0 unspecified atom stereocenters. The second-order valence-corrected chi connectivity index (χ2v) is 5.60. The van der Waals surface area contributed by atoms with Gasteiger partial charge in [0.25, 0.3) is 0 Å². The fourth-order valence-corrected chi connectivity index (χ4v) is 2.84.